The van der Waals surface area contributed by atoms with Gasteiger partial charge in [-0.3, -0.25) is 0 Å². The zero-order valence-corrected chi connectivity index (χ0v) is 8.57. The number of rotatable bonds is 3. The van der Waals surface area contributed by atoms with E-state index in [0.29, 0.717) is 5.56 Å². The summed E-state index contributed by atoms with van der Waals surface area (Å²) in [5.41, 5.74) is 6.21. The number of phenols is 1. The van der Waals surface area contributed by atoms with Crippen LogP contribution < -0.4 is 5.73 Å². The van der Waals surface area contributed by atoms with Gasteiger partial charge >= 0.3 is 0 Å². The van der Waals surface area contributed by atoms with Crippen molar-refractivity contribution in [2.45, 2.75) is 19.9 Å². The fraction of sp³-hybridized carbons (Fsp3) is 0.455. The predicted molar refractivity (Wildman–Crippen MR) is 55.9 cm³/mol. The lowest BCUT2D eigenvalue weighted by atomic mass is 9.81. The highest BCUT2D eigenvalue weighted by molar-refractivity contribution is 5.35. The highest BCUT2D eigenvalue weighted by atomic mass is 16.3. The lowest BCUT2D eigenvalue weighted by Gasteiger charge is -2.30. The van der Waals surface area contributed by atoms with Gasteiger partial charge in [-0.15, -0.1) is 0 Å². The second-order valence-electron chi connectivity index (χ2n) is 4.18. The number of benzene rings is 1. The third-order valence-corrected chi connectivity index (χ3v) is 2.52. The van der Waals surface area contributed by atoms with Crippen LogP contribution in [0, 0.1) is 5.41 Å². The summed E-state index contributed by atoms with van der Waals surface area (Å²) in [5, 5.41) is 18.7. The average Bonchev–Trinajstić information content (AvgIpc) is 2.17. The maximum Gasteiger partial charge on any atom is 0.120 e. The van der Waals surface area contributed by atoms with Gasteiger partial charge in [0.25, 0.3) is 0 Å². The molecular formula is C11H17NO2. The van der Waals surface area contributed by atoms with Crippen LogP contribution >= 0.6 is 0 Å². The summed E-state index contributed by atoms with van der Waals surface area (Å²) in [6.07, 6.45) is 0. The second kappa shape index (κ2) is 3.98. The lowest BCUT2D eigenvalue weighted by molar-refractivity contribution is 0.131. The molecule has 78 valence electrons. The molecule has 0 aliphatic rings. The zero-order chi connectivity index (χ0) is 10.8. The minimum Gasteiger partial charge on any atom is -0.508 e. The molecule has 0 unspecified atom stereocenters. The van der Waals surface area contributed by atoms with Crippen molar-refractivity contribution in [2.24, 2.45) is 11.1 Å². The van der Waals surface area contributed by atoms with Crippen LogP contribution in [0.3, 0.4) is 0 Å². The number of para-hydroxylation sites is 1. The van der Waals surface area contributed by atoms with Crippen LogP contribution in [0.1, 0.15) is 25.5 Å². The summed E-state index contributed by atoms with van der Waals surface area (Å²) in [6.45, 7) is 3.72. The maximum absolute atomic E-state index is 9.58. The molecule has 0 amide bonds. The van der Waals surface area contributed by atoms with Gasteiger partial charge in [-0.25, -0.2) is 0 Å². The highest BCUT2D eigenvalue weighted by Crippen LogP contribution is 2.34. The van der Waals surface area contributed by atoms with Crippen LogP contribution in [0.2, 0.25) is 0 Å². The summed E-state index contributed by atoms with van der Waals surface area (Å²) in [6, 6.07) is 6.58. The summed E-state index contributed by atoms with van der Waals surface area (Å²) in [7, 11) is 0. The Morgan fingerprint density at radius 3 is 2.43 bits per heavy atom. The number of hydrogen-bond donors (Lipinski definition) is 3. The monoisotopic (exact) mass is 195 g/mol. The van der Waals surface area contributed by atoms with Crippen molar-refractivity contribution in [1.82, 2.24) is 0 Å². The number of aliphatic hydroxyl groups is 1. The minimum atomic E-state index is -0.432. The van der Waals surface area contributed by atoms with Crippen molar-refractivity contribution in [3.8, 4) is 5.75 Å². The molecule has 1 aromatic rings. The summed E-state index contributed by atoms with van der Waals surface area (Å²) in [4.78, 5) is 0. The quantitative estimate of drug-likeness (QED) is 0.683. The van der Waals surface area contributed by atoms with Gasteiger partial charge in [-0.1, -0.05) is 32.0 Å². The van der Waals surface area contributed by atoms with Crippen LogP contribution in [-0.4, -0.2) is 16.8 Å². The molecule has 1 atom stereocenters. The SMILES string of the molecule is CC(C)(CO)[C@@H](N)c1ccccc1O. The molecule has 0 aliphatic carbocycles. The molecule has 1 aromatic carbocycles. The molecule has 0 spiro atoms. The van der Waals surface area contributed by atoms with Gasteiger partial charge in [0.15, 0.2) is 0 Å². The number of nitrogens with two attached hydrogens (primary N) is 1. The standard InChI is InChI=1S/C11H17NO2/c1-11(2,7-13)10(12)8-5-3-4-6-9(8)14/h3-6,10,13-14H,7,12H2,1-2H3/t10-/m0/s1. The van der Waals surface area contributed by atoms with E-state index in [1.165, 1.54) is 0 Å². The Morgan fingerprint density at radius 2 is 1.93 bits per heavy atom. The van der Waals surface area contributed by atoms with Crippen LogP contribution in [0.15, 0.2) is 24.3 Å². The Labute approximate surface area is 84.2 Å². The molecule has 0 aromatic heterocycles. The number of aromatic hydroxyl groups is 1. The molecule has 3 heteroatoms. The van der Waals surface area contributed by atoms with Crippen LogP contribution in [0.5, 0.6) is 5.75 Å². The first-order valence-corrected chi connectivity index (χ1v) is 4.63. The number of aliphatic hydroxyl groups excluding tert-OH is 1. The van der Waals surface area contributed by atoms with E-state index in [-0.39, 0.29) is 18.4 Å². The van der Waals surface area contributed by atoms with Crippen LogP contribution in [-0.2, 0) is 0 Å². The Morgan fingerprint density at radius 1 is 1.36 bits per heavy atom. The van der Waals surface area contributed by atoms with Gasteiger partial charge in [0.1, 0.15) is 5.75 Å². The molecule has 0 fully saturated rings. The van der Waals surface area contributed by atoms with E-state index < -0.39 is 5.41 Å². The summed E-state index contributed by atoms with van der Waals surface area (Å²) < 4.78 is 0. The Kier molecular flexibility index (Phi) is 3.13. The van der Waals surface area contributed by atoms with E-state index in [9.17, 15) is 5.11 Å². The molecule has 0 bridgehead atoms. The fourth-order valence-electron chi connectivity index (χ4n) is 1.27. The first-order chi connectivity index (χ1) is 6.49. The topological polar surface area (TPSA) is 66.5 Å². The Hall–Kier alpha value is -1.06. The predicted octanol–water partition coefficient (Wildman–Crippen LogP) is 1.41. The molecule has 0 saturated carbocycles. The van der Waals surface area contributed by atoms with Crippen molar-refractivity contribution >= 4 is 0 Å². The van der Waals surface area contributed by atoms with E-state index >= 15 is 0 Å². The first-order valence-electron chi connectivity index (χ1n) is 4.63. The number of hydrogen-bond acceptors (Lipinski definition) is 3. The van der Waals surface area contributed by atoms with Gasteiger partial charge in [-0.2, -0.15) is 0 Å². The Balaban J connectivity index is 3.00. The fourth-order valence-corrected chi connectivity index (χ4v) is 1.27. The third kappa shape index (κ3) is 2.05. The third-order valence-electron chi connectivity index (χ3n) is 2.52. The largest absolute Gasteiger partial charge is 0.508 e. The molecular weight excluding hydrogens is 178 g/mol. The molecule has 4 N–H and O–H groups in total. The normalized spacial score (nSPS) is 14.0. The van der Waals surface area contributed by atoms with Crippen molar-refractivity contribution in [2.75, 3.05) is 6.61 Å². The molecule has 3 nitrogen and oxygen atoms in total. The molecule has 1 rings (SSSR count). The first kappa shape index (κ1) is 11.0. The smallest absolute Gasteiger partial charge is 0.120 e. The Bertz CT molecular complexity index is 310. The maximum atomic E-state index is 9.58. The van der Waals surface area contributed by atoms with E-state index in [1.54, 1.807) is 18.2 Å². The van der Waals surface area contributed by atoms with Gasteiger partial charge < -0.3 is 15.9 Å². The minimum absolute atomic E-state index is 0.0114. The van der Waals surface area contributed by atoms with E-state index in [4.69, 9.17) is 10.8 Å². The van der Waals surface area contributed by atoms with E-state index in [2.05, 4.69) is 0 Å². The average molecular weight is 195 g/mol. The zero-order valence-electron chi connectivity index (χ0n) is 8.57. The van der Waals surface area contributed by atoms with Crippen molar-refractivity contribution in [3.05, 3.63) is 29.8 Å². The summed E-state index contributed by atoms with van der Waals surface area (Å²) >= 11 is 0. The molecule has 14 heavy (non-hydrogen) atoms. The van der Waals surface area contributed by atoms with Crippen molar-refractivity contribution in [3.63, 3.8) is 0 Å². The number of phenolic OH excluding ortho intramolecular Hbond substituents is 1. The van der Waals surface area contributed by atoms with E-state index in [0.717, 1.165) is 0 Å². The van der Waals surface area contributed by atoms with Crippen LogP contribution in [0.4, 0.5) is 0 Å². The van der Waals surface area contributed by atoms with Crippen molar-refractivity contribution < 1.29 is 10.2 Å². The molecule has 0 radical (unpaired) electrons. The van der Waals surface area contributed by atoms with Gasteiger partial charge in [0.05, 0.1) is 0 Å². The lowest BCUT2D eigenvalue weighted by Crippen LogP contribution is -2.32. The summed E-state index contributed by atoms with van der Waals surface area (Å²) in [5.74, 6) is 0.182. The van der Waals surface area contributed by atoms with Crippen molar-refractivity contribution in [1.29, 1.82) is 0 Å². The second-order valence-corrected chi connectivity index (χ2v) is 4.18. The molecule has 0 heterocycles. The van der Waals surface area contributed by atoms with Gasteiger partial charge in [-0.05, 0) is 6.07 Å². The van der Waals surface area contributed by atoms with Crippen LogP contribution in [0.25, 0.3) is 0 Å². The molecule has 0 aliphatic heterocycles. The van der Waals surface area contributed by atoms with Gasteiger partial charge in [0, 0.05) is 23.6 Å². The highest BCUT2D eigenvalue weighted by Gasteiger charge is 2.28. The van der Waals surface area contributed by atoms with Gasteiger partial charge in [0.2, 0.25) is 0 Å². The molecule has 0 saturated heterocycles. The van der Waals surface area contributed by atoms with E-state index in [1.807, 2.05) is 19.9 Å².